The first kappa shape index (κ1) is 12.2. The Balaban J connectivity index is 2.27. The van der Waals surface area contributed by atoms with Crippen molar-refractivity contribution in [2.75, 3.05) is 25.6 Å². The molecular formula is C11H14O5S. The van der Waals surface area contributed by atoms with Crippen molar-refractivity contribution < 1.29 is 23.0 Å². The Bertz CT molecular complexity index is 495. The summed E-state index contributed by atoms with van der Waals surface area (Å²) in [6.07, 6.45) is 0.233. The first-order chi connectivity index (χ1) is 8.13. The van der Waals surface area contributed by atoms with Crippen LogP contribution in [0, 0.1) is 0 Å². The Labute approximate surface area is 99.9 Å². The number of hydrogen-bond acceptors (Lipinski definition) is 5. The molecule has 1 aliphatic rings. The van der Waals surface area contributed by atoms with Crippen LogP contribution in [0.1, 0.15) is 6.42 Å². The van der Waals surface area contributed by atoms with E-state index in [1.54, 1.807) is 6.07 Å². The molecule has 0 radical (unpaired) electrons. The summed E-state index contributed by atoms with van der Waals surface area (Å²) in [5.41, 5.74) is 0. The molecule has 1 aliphatic heterocycles. The molecule has 0 aromatic heterocycles. The molecule has 94 valence electrons. The molecule has 0 unspecified atom stereocenters. The second kappa shape index (κ2) is 4.93. The van der Waals surface area contributed by atoms with E-state index >= 15 is 0 Å². The Kier molecular flexibility index (Phi) is 3.54. The van der Waals surface area contributed by atoms with Crippen LogP contribution in [0.2, 0.25) is 0 Å². The quantitative estimate of drug-likeness (QED) is 0.856. The summed E-state index contributed by atoms with van der Waals surface area (Å²) in [5, 5.41) is 8.66. The number of benzene rings is 1. The van der Waals surface area contributed by atoms with Crippen molar-refractivity contribution in [3.05, 3.63) is 18.2 Å². The smallest absolute Gasteiger partial charge is 0.178 e. The van der Waals surface area contributed by atoms with Crippen LogP contribution in [-0.2, 0) is 9.84 Å². The summed E-state index contributed by atoms with van der Waals surface area (Å²) in [6.45, 7) is 0.764. The first-order valence-electron chi connectivity index (χ1n) is 5.37. The standard InChI is InChI=1S/C11H14O5S/c12-4-1-7-17(13,14)9-2-3-10-11(8-9)16-6-5-15-10/h2-3,8,12H,1,4-7H2. The molecule has 1 heterocycles. The minimum atomic E-state index is -3.35. The summed E-state index contributed by atoms with van der Waals surface area (Å²) in [7, 11) is -3.35. The van der Waals surface area contributed by atoms with Gasteiger partial charge < -0.3 is 14.6 Å². The van der Waals surface area contributed by atoms with Gasteiger partial charge in [0.2, 0.25) is 0 Å². The van der Waals surface area contributed by atoms with Crippen LogP contribution in [0.15, 0.2) is 23.1 Å². The molecule has 1 N–H and O–H groups in total. The number of sulfone groups is 1. The fourth-order valence-corrected chi connectivity index (χ4v) is 2.90. The van der Waals surface area contributed by atoms with E-state index in [1.807, 2.05) is 0 Å². The number of aliphatic hydroxyl groups is 1. The van der Waals surface area contributed by atoms with Crippen molar-refractivity contribution >= 4 is 9.84 Å². The van der Waals surface area contributed by atoms with Gasteiger partial charge in [-0.2, -0.15) is 0 Å². The fraction of sp³-hybridized carbons (Fsp3) is 0.455. The molecule has 17 heavy (non-hydrogen) atoms. The molecule has 0 amide bonds. The van der Waals surface area contributed by atoms with E-state index < -0.39 is 9.84 Å². The molecule has 5 nitrogen and oxygen atoms in total. The minimum Gasteiger partial charge on any atom is -0.486 e. The molecule has 0 spiro atoms. The summed E-state index contributed by atoms with van der Waals surface area (Å²) in [4.78, 5) is 0.204. The van der Waals surface area contributed by atoms with Gasteiger partial charge in [-0.15, -0.1) is 0 Å². The second-order valence-electron chi connectivity index (χ2n) is 3.70. The second-order valence-corrected chi connectivity index (χ2v) is 5.81. The first-order valence-corrected chi connectivity index (χ1v) is 7.02. The zero-order valence-corrected chi connectivity index (χ0v) is 10.1. The third kappa shape index (κ3) is 2.70. The Hall–Kier alpha value is -1.27. The molecular weight excluding hydrogens is 244 g/mol. The molecule has 1 aromatic rings. The van der Waals surface area contributed by atoms with Crippen molar-refractivity contribution in [2.24, 2.45) is 0 Å². The van der Waals surface area contributed by atoms with Gasteiger partial charge >= 0.3 is 0 Å². The maximum absolute atomic E-state index is 11.9. The van der Waals surface area contributed by atoms with Crippen molar-refractivity contribution in [1.82, 2.24) is 0 Å². The van der Waals surface area contributed by atoms with E-state index in [1.165, 1.54) is 12.1 Å². The monoisotopic (exact) mass is 258 g/mol. The summed E-state index contributed by atoms with van der Waals surface area (Å²) in [5.74, 6) is 0.960. The normalized spacial score (nSPS) is 14.6. The lowest BCUT2D eigenvalue weighted by molar-refractivity contribution is 0.171. The zero-order chi connectivity index (χ0) is 12.3. The van der Waals surface area contributed by atoms with Crippen molar-refractivity contribution in [3.8, 4) is 11.5 Å². The third-order valence-electron chi connectivity index (χ3n) is 2.44. The summed E-state index contributed by atoms with van der Waals surface area (Å²) < 4.78 is 34.4. The van der Waals surface area contributed by atoms with Crippen LogP contribution in [0.4, 0.5) is 0 Å². The zero-order valence-electron chi connectivity index (χ0n) is 9.26. The van der Waals surface area contributed by atoms with E-state index in [4.69, 9.17) is 14.6 Å². The molecule has 0 saturated carbocycles. The lowest BCUT2D eigenvalue weighted by atomic mass is 10.3. The topological polar surface area (TPSA) is 72.8 Å². The maximum atomic E-state index is 11.9. The predicted octanol–water partition coefficient (Wildman–Crippen LogP) is 0.614. The third-order valence-corrected chi connectivity index (χ3v) is 4.24. The maximum Gasteiger partial charge on any atom is 0.178 e. The van der Waals surface area contributed by atoms with Gasteiger partial charge in [0.15, 0.2) is 21.3 Å². The highest BCUT2D eigenvalue weighted by Crippen LogP contribution is 2.32. The van der Waals surface area contributed by atoms with Crippen molar-refractivity contribution in [1.29, 1.82) is 0 Å². The lowest BCUT2D eigenvalue weighted by Gasteiger charge is -2.18. The van der Waals surface area contributed by atoms with Crippen molar-refractivity contribution in [2.45, 2.75) is 11.3 Å². The van der Waals surface area contributed by atoms with Crippen LogP contribution in [0.3, 0.4) is 0 Å². The molecule has 0 fully saturated rings. The van der Waals surface area contributed by atoms with Crippen LogP contribution < -0.4 is 9.47 Å². The number of ether oxygens (including phenoxy) is 2. The number of hydrogen-bond donors (Lipinski definition) is 1. The summed E-state index contributed by atoms with van der Waals surface area (Å²) >= 11 is 0. The predicted molar refractivity (Wildman–Crippen MR) is 61.2 cm³/mol. The highest BCUT2D eigenvalue weighted by Gasteiger charge is 2.18. The van der Waals surface area contributed by atoms with E-state index in [9.17, 15) is 8.42 Å². The van der Waals surface area contributed by atoms with Gasteiger partial charge in [-0.1, -0.05) is 0 Å². The molecule has 2 rings (SSSR count). The molecule has 6 heteroatoms. The van der Waals surface area contributed by atoms with E-state index in [-0.39, 0.29) is 23.7 Å². The lowest BCUT2D eigenvalue weighted by Crippen LogP contribution is -2.16. The Morgan fingerprint density at radius 1 is 1.18 bits per heavy atom. The van der Waals surface area contributed by atoms with Gasteiger partial charge in [0.1, 0.15) is 13.2 Å². The van der Waals surface area contributed by atoms with Gasteiger partial charge in [0.05, 0.1) is 10.6 Å². The van der Waals surface area contributed by atoms with Crippen molar-refractivity contribution in [3.63, 3.8) is 0 Å². The van der Waals surface area contributed by atoms with Crippen LogP contribution in [0.5, 0.6) is 11.5 Å². The Morgan fingerprint density at radius 3 is 2.59 bits per heavy atom. The average Bonchev–Trinajstić information content (AvgIpc) is 2.36. The van der Waals surface area contributed by atoms with Crippen LogP contribution >= 0.6 is 0 Å². The SMILES string of the molecule is O=S(=O)(CCCO)c1ccc2c(c1)OCCO2. The number of fused-ring (bicyclic) bond motifs is 1. The largest absolute Gasteiger partial charge is 0.486 e. The van der Waals surface area contributed by atoms with Crippen LogP contribution in [0.25, 0.3) is 0 Å². The Morgan fingerprint density at radius 2 is 1.88 bits per heavy atom. The van der Waals surface area contributed by atoms with Gasteiger partial charge in [-0.3, -0.25) is 0 Å². The van der Waals surface area contributed by atoms with E-state index in [0.717, 1.165) is 0 Å². The molecule has 0 bridgehead atoms. The fourth-order valence-electron chi connectivity index (χ4n) is 1.59. The number of aliphatic hydroxyl groups excluding tert-OH is 1. The molecule has 0 aliphatic carbocycles. The highest BCUT2D eigenvalue weighted by atomic mass is 32.2. The van der Waals surface area contributed by atoms with E-state index in [2.05, 4.69) is 0 Å². The van der Waals surface area contributed by atoms with E-state index in [0.29, 0.717) is 24.7 Å². The van der Waals surface area contributed by atoms with Gasteiger partial charge in [0.25, 0.3) is 0 Å². The molecule has 0 atom stereocenters. The molecule has 1 aromatic carbocycles. The highest BCUT2D eigenvalue weighted by molar-refractivity contribution is 7.91. The van der Waals surface area contributed by atoms with Crippen LogP contribution in [-0.4, -0.2) is 39.1 Å². The van der Waals surface area contributed by atoms with Gasteiger partial charge in [-0.25, -0.2) is 8.42 Å². The van der Waals surface area contributed by atoms with Gasteiger partial charge in [0, 0.05) is 12.7 Å². The summed E-state index contributed by atoms with van der Waals surface area (Å²) in [6, 6.07) is 4.57. The minimum absolute atomic E-state index is 0.0663. The molecule has 0 saturated heterocycles. The number of rotatable bonds is 4. The van der Waals surface area contributed by atoms with Gasteiger partial charge in [-0.05, 0) is 18.6 Å². The average molecular weight is 258 g/mol.